The molecule has 0 aliphatic heterocycles. The number of benzene rings is 3. The molecule has 0 aliphatic rings. The number of carbonyl (C=O) groups excluding carboxylic acids is 1. The fraction of sp³-hybridized carbons (Fsp3) is 0. The number of carbonyl (C=O) groups is 1. The van der Waals surface area contributed by atoms with Crippen LogP contribution in [-0.4, -0.2) is 15.8 Å². The molecule has 0 spiro atoms. The number of fused-ring (bicyclic) bond motifs is 1. The van der Waals surface area contributed by atoms with Gasteiger partial charge in [0.25, 0.3) is 11.6 Å². The highest BCUT2D eigenvalue weighted by atomic mass is 19.1. The van der Waals surface area contributed by atoms with Crippen molar-refractivity contribution in [2.45, 2.75) is 0 Å². The molecule has 0 fully saturated rings. The van der Waals surface area contributed by atoms with Crippen LogP contribution < -0.4 is 5.32 Å². The van der Waals surface area contributed by atoms with Crippen molar-refractivity contribution in [3.8, 4) is 11.5 Å². The number of nitrogens with one attached hydrogen (secondary N) is 1. The number of hydrogen-bond donors (Lipinski definition) is 1. The number of anilines is 1. The Balaban J connectivity index is 1.62. The van der Waals surface area contributed by atoms with E-state index in [0.717, 1.165) is 0 Å². The maximum absolute atomic E-state index is 13.1. The maximum atomic E-state index is 13.1. The van der Waals surface area contributed by atoms with Crippen LogP contribution >= 0.6 is 0 Å². The molecule has 4 rings (SSSR count). The minimum Gasteiger partial charge on any atom is -0.436 e. The van der Waals surface area contributed by atoms with Crippen LogP contribution in [0.1, 0.15) is 10.4 Å². The number of nitrogens with zero attached hydrogens (tertiary/aromatic N) is 2. The number of para-hydroxylation sites is 1. The third kappa shape index (κ3) is 3.30. The maximum Gasteiger partial charge on any atom is 0.282 e. The Hall–Kier alpha value is -4.07. The van der Waals surface area contributed by atoms with Crippen LogP contribution in [0.2, 0.25) is 0 Å². The van der Waals surface area contributed by atoms with E-state index in [-0.39, 0.29) is 17.1 Å². The highest BCUT2D eigenvalue weighted by molar-refractivity contribution is 6.07. The van der Waals surface area contributed by atoms with E-state index < -0.39 is 10.8 Å². The van der Waals surface area contributed by atoms with Crippen LogP contribution in [0.5, 0.6) is 0 Å². The Kier molecular flexibility index (Phi) is 4.29. The van der Waals surface area contributed by atoms with Gasteiger partial charge in [0.1, 0.15) is 16.9 Å². The Morgan fingerprint density at radius 3 is 2.57 bits per heavy atom. The molecular weight excluding hydrogens is 365 g/mol. The van der Waals surface area contributed by atoms with Crippen LogP contribution in [0.4, 0.5) is 15.8 Å². The average molecular weight is 377 g/mol. The standard InChI is InChI=1S/C20H12FN3O4/c21-13-7-5-12(6-8-13)20-23-16-11-14(9-10-18(16)28-20)22-19(25)15-3-1-2-4-17(15)24(26)27/h1-11H,(H,22,25). The van der Waals surface area contributed by atoms with Crippen molar-refractivity contribution in [1.29, 1.82) is 0 Å². The van der Waals surface area contributed by atoms with Crippen molar-refractivity contribution in [2.75, 3.05) is 5.32 Å². The highest BCUT2D eigenvalue weighted by Gasteiger charge is 2.19. The van der Waals surface area contributed by atoms with E-state index in [9.17, 15) is 19.3 Å². The fourth-order valence-corrected chi connectivity index (χ4v) is 2.74. The number of nitro groups is 1. The number of nitro benzene ring substituents is 1. The number of aromatic nitrogens is 1. The molecule has 0 unspecified atom stereocenters. The van der Waals surface area contributed by atoms with Gasteiger partial charge in [0.15, 0.2) is 5.58 Å². The molecule has 1 heterocycles. The van der Waals surface area contributed by atoms with Crippen molar-refractivity contribution in [3.63, 3.8) is 0 Å². The van der Waals surface area contributed by atoms with E-state index in [1.807, 2.05) is 0 Å². The number of rotatable bonds is 4. The van der Waals surface area contributed by atoms with E-state index in [2.05, 4.69) is 10.3 Å². The summed E-state index contributed by atoms with van der Waals surface area (Å²) in [6.07, 6.45) is 0. The monoisotopic (exact) mass is 377 g/mol. The molecule has 1 N–H and O–H groups in total. The minimum absolute atomic E-state index is 0.0419. The van der Waals surface area contributed by atoms with Crippen LogP contribution in [0.3, 0.4) is 0 Å². The van der Waals surface area contributed by atoms with Gasteiger partial charge in [-0.15, -0.1) is 0 Å². The van der Waals surface area contributed by atoms with Crippen molar-refractivity contribution in [2.24, 2.45) is 0 Å². The quantitative estimate of drug-likeness (QED) is 0.407. The first kappa shape index (κ1) is 17.3. The fourth-order valence-electron chi connectivity index (χ4n) is 2.74. The molecule has 0 bridgehead atoms. The first-order valence-electron chi connectivity index (χ1n) is 8.22. The van der Waals surface area contributed by atoms with E-state index >= 15 is 0 Å². The molecule has 7 nitrogen and oxygen atoms in total. The van der Waals surface area contributed by atoms with Crippen LogP contribution in [0.15, 0.2) is 71.1 Å². The molecule has 8 heteroatoms. The Labute approximate surface area is 157 Å². The number of halogens is 1. The molecule has 0 aliphatic carbocycles. The van der Waals surface area contributed by atoms with Gasteiger partial charge in [0.2, 0.25) is 5.89 Å². The van der Waals surface area contributed by atoms with Gasteiger partial charge in [-0.25, -0.2) is 9.37 Å². The molecule has 3 aromatic carbocycles. The van der Waals surface area contributed by atoms with Crippen LogP contribution in [0, 0.1) is 15.9 Å². The minimum atomic E-state index is -0.606. The molecule has 0 saturated heterocycles. The van der Waals surface area contributed by atoms with Gasteiger partial charge in [-0.1, -0.05) is 12.1 Å². The van der Waals surface area contributed by atoms with Crippen molar-refractivity contribution in [1.82, 2.24) is 4.98 Å². The van der Waals surface area contributed by atoms with Gasteiger partial charge in [-0.05, 0) is 48.5 Å². The number of oxazole rings is 1. The average Bonchev–Trinajstić information content (AvgIpc) is 3.11. The summed E-state index contributed by atoms with van der Waals surface area (Å²) in [5.41, 5.74) is 1.68. The molecule has 1 aromatic heterocycles. The van der Waals surface area contributed by atoms with Gasteiger partial charge in [0, 0.05) is 17.3 Å². The molecule has 0 radical (unpaired) electrons. The lowest BCUT2D eigenvalue weighted by molar-refractivity contribution is -0.385. The van der Waals surface area contributed by atoms with E-state index in [1.54, 1.807) is 36.4 Å². The molecule has 138 valence electrons. The second-order valence-electron chi connectivity index (χ2n) is 5.94. The number of amides is 1. The molecular formula is C20H12FN3O4. The lowest BCUT2D eigenvalue weighted by atomic mass is 10.1. The molecule has 1 amide bonds. The van der Waals surface area contributed by atoms with Gasteiger partial charge < -0.3 is 9.73 Å². The van der Waals surface area contributed by atoms with Crippen LogP contribution in [-0.2, 0) is 0 Å². The van der Waals surface area contributed by atoms with Gasteiger partial charge in [0.05, 0.1) is 4.92 Å². The van der Waals surface area contributed by atoms with Gasteiger partial charge >= 0.3 is 0 Å². The van der Waals surface area contributed by atoms with Crippen LogP contribution in [0.25, 0.3) is 22.6 Å². The molecule has 4 aromatic rings. The number of hydrogen-bond acceptors (Lipinski definition) is 5. The predicted molar refractivity (Wildman–Crippen MR) is 100 cm³/mol. The third-order valence-corrected chi connectivity index (χ3v) is 4.08. The SMILES string of the molecule is O=C(Nc1ccc2oc(-c3ccc(F)cc3)nc2c1)c1ccccc1[N+](=O)[O-]. The van der Waals surface area contributed by atoms with Crippen molar-refractivity contribution >= 4 is 28.4 Å². The van der Waals surface area contributed by atoms with Crippen molar-refractivity contribution < 1.29 is 18.5 Å². The lowest BCUT2D eigenvalue weighted by Gasteiger charge is -2.05. The largest absolute Gasteiger partial charge is 0.436 e. The summed E-state index contributed by atoms with van der Waals surface area (Å²) in [6, 6.07) is 16.3. The second kappa shape index (κ2) is 6.92. The predicted octanol–water partition coefficient (Wildman–Crippen LogP) is 4.79. The smallest absolute Gasteiger partial charge is 0.282 e. The summed E-state index contributed by atoms with van der Waals surface area (Å²) in [7, 11) is 0. The second-order valence-corrected chi connectivity index (χ2v) is 5.94. The summed E-state index contributed by atoms with van der Waals surface area (Å²) in [4.78, 5) is 27.3. The summed E-state index contributed by atoms with van der Waals surface area (Å²) in [5, 5.41) is 13.7. The highest BCUT2D eigenvalue weighted by Crippen LogP contribution is 2.27. The summed E-state index contributed by atoms with van der Waals surface area (Å²) in [6.45, 7) is 0. The zero-order valence-electron chi connectivity index (χ0n) is 14.3. The summed E-state index contributed by atoms with van der Waals surface area (Å²) in [5.74, 6) is -0.647. The summed E-state index contributed by atoms with van der Waals surface area (Å²) < 4.78 is 18.7. The molecule has 28 heavy (non-hydrogen) atoms. The molecule has 0 saturated carbocycles. The zero-order valence-corrected chi connectivity index (χ0v) is 14.3. The van der Waals surface area contributed by atoms with Crippen molar-refractivity contribution in [3.05, 3.63) is 88.2 Å². The lowest BCUT2D eigenvalue weighted by Crippen LogP contribution is -2.13. The third-order valence-electron chi connectivity index (χ3n) is 4.08. The Morgan fingerprint density at radius 2 is 1.82 bits per heavy atom. The van der Waals surface area contributed by atoms with E-state index in [4.69, 9.17) is 4.42 Å². The summed E-state index contributed by atoms with van der Waals surface area (Å²) >= 11 is 0. The first-order chi connectivity index (χ1) is 13.5. The topological polar surface area (TPSA) is 98.3 Å². The van der Waals surface area contributed by atoms with E-state index in [1.165, 1.54) is 30.3 Å². The molecule has 0 atom stereocenters. The Bertz CT molecular complexity index is 1200. The first-order valence-corrected chi connectivity index (χ1v) is 8.22. The van der Waals surface area contributed by atoms with Gasteiger partial charge in [-0.2, -0.15) is 0 Å². The zero-order chi connectivity index (χ0) is 19.7. The van der Waals surface area contributed by atoms with E-state index in [0.29, 0.717) is 28.2 Å². The Morgan fingerprint density at radius 1 is 1.07 bits per heavy atom. The normalized spacial score (nSPS) is 10.8. The van der Waals surface area contributed by atoms with Gasteiger partial charge in [-0.3, -0.25) is 14.9 Å².